The van der Waals surface area contributed by atoms with Crippen LogP contribution in [0.25, 0.3) is 0 Å². The lowest BCUT2D eigenvalue weighted by Gasteiger charge is -2.25. The molecule has 0 bridgehead atoms. The van der Waals surface area contributed by atoms with Gasteiger partial charge >= 0.3 is 0 Å². The van der Waals surface area contributed by atoms with Gasteiger partial charge in [0.1, 0.15) is 0 Å². The zero-order valence-corrected chi connectivity index (χ0v) is 12.7. The Balaban J connectivity index is 1.60. The fourth-order valence-electron chi connectivity index (χ4n) is 3.76. The van der Waals surface area contributed by atoms with Crippen molar-refractivity contribution in [1.29, 1.82) is 0 Å². The Morgan fingerprint density at radius 3 is 3.00 bits per heavy atom. The molecule has 1 aliphatic heterocycles. The van der Waals surface area contributed by atoms with Crippen molar-refractivity contribution in [2.24, 2.45) is 0 Å². The van der Waals surface area contributed by atoms with Crippen LogP contribution in [0.4, 0.5) is 0 Å². The van der Waals surface area contributed by atoms with Gasteiger partial charge in [0.2, 0.25) is 11.8 Å². The quantitative estimate of drug-likeness (QED) is 0.855. The van der Waals surface area contributed by atoms with Crippen molar-refractivity contribution < 1.29 is 9.32 Å². The molecule has 2 aromatic rings. The average molecular weight is 297 g/mol. The molecule has 1 aromatic heterocycles. The van der Waals surface area contributed by atoms with Crippen LogP contribution < -0.4 is 0 Å². The van der Waals surface area contributed by atoms with Gasteiger partial charge in [-0.15, -0.1) is 0 Å². The second-order valence-electron chi connectivity index (χ2n) is 6.15. The number of hydrogen-bond donors (Lipinski definition) is 0. The summed E-state index contributed by atoms with van der Waals surface area (Å²) in [6.07, 6.45) is 3.82. The Morgan fingerprint density at radius 2 is 2.18 bits per heavy atom. The first-order valence-electron chi connectivity index (χ1n) is 7.92. The molecule has 5 heteroatoms. The smallest absolute Gasteiger partial charge is 0.230 e. The number of aromatic nitrogens is 2. The molecular formula is C17H19N3O2. The number of benzene rings is 1. The van der Waals surface area contributed by atoms with E-state index in [2.05, 4.69) is 22.3 Å². The van der Waals surface area contributed by atoms with Gasteiger partial charge in [0.15, 0.2) is 5.82 Å². The number of fused-ring (bicyclic) bond motifs is 1. The van der Waals surface area contributed by atoms with Crippen LogP contribution in [0, 0.1) is 6.92 Å². The lowest BCUT2D eigenvalue weighted by Crippen LogP contribution is -2.34. The SMILES string of the molecule is Cc1nc(C2CCCN2C(=O)C2CCc3ccccc32)no1. The minimum absolute atomic E-state index is 0.00945. The van der Waals surface area contributed by atoms with Crippen molar-refractivity contribution in [3.63, 3.8) is 0 Å². The van der Waals surface area contributed by atoms with E-state index >= 15 is 0 Å². The molecule has 1 aliphatic carbocycles. The highest BCUT2D eigenvalue weighted by atomic mass is 16.5. The molecule has 0 spiro atoms. The first-order valence-corrected chi connectivity index (χ1v) is 7.92. The molecule has 0 saturated carbocycles. The molecule has 114 valence electrons. The van der Waals surface area contributed by atoms with Gasteiger partial charge in [-0.3, -0.25) is 4.79 Å². The van der Waals surface area contributed by atoms with Gasteiger partial charge in [0.25, 0.3) is 0 Å². The molecule has 0 N–H and O–H groups in total. The van der Waals surface area contributed by atoms with Crippen LogP contribution in [-0.2, 0) is 11.2 Å². The van der Waals surface area contributed by atoms with Gasteiger partial charge < -0.3 is 9.42 Å². The summed E-state index contributed by atoms with van der Waals surface area (Å²) in [7, 11) is 0. The molecule has 4 rings (SSSR count). The zero-order chi connectivity index (χ0) is 15.1. The highest BCUT2D eigenvalue weighted by Gasteiger charge is 2.38. The van der Waals surface area contributed by atoms with Crippen molar-refractivity contribution in [1.82, 2.24) is 15.0 Å². The third-order valence-electron chi connectivity index (χ3n) is 4.81. The number of amides is 1. The maximum atomic E-state index is 13.0. The van der Waals surface area contributed by atoms with E-state index in [4.69, 9.17) is 4.52 Å². The molecule has 2 aliphatic rings. The largest absolute Gasteiger partial charge is 0.340 e. The van der Waals surface area contributed by atoms with E-state index in [1.807, 2.05) is 17.0 Å². The van der Waals surface area contributed by atoms with E-state index in [0.29, 0.717) is 11.7 Å². The minimum Gasteiger partial charge on any atom is -0.340 e. The van der Waals surface area contributed by atoms with Crippen molar-refractivity contribution in [2.45, 2.75) is 44.6 Å². The number of carbonyl (C=O) groups is 1. The molecule has 1 aromatic carbocycles. The molecular weight excluding hydrogens is 278 g/mol. The maximum absolute atomic E-state index is 13.0. The van der Waals surface area contributed by atoms with Crippen LogP contribution in [0.1, 0.15) is 54.1 Å². The standard InChI is InChI=1S/C17H19N3O2/c1-11-18-16(19-22-11)15-7-4-10-20(15)17(21)14-9-8-12-5-2-3-6-13(12)14/h2-3,5-6,14-15H,4,7-10H2,1H3. The fourth-order valence-corrected chi connectivity index (χ4v) is 3.76. The van der Waals surface area contributed by atoms with E-state index in [9.17, 15) is 4.79 Å². The highest BCUT2D eigenvalue weighted by Crippen LogP contribution is 2.38. The third kappa shape index (κ3) is 2.12. The van der Waals surface area contributed by atoms with E-state index in [0.717, 1.165) is 32.2 Å². The van der Waals surface area contributed by atoms with E-state index in [-0.39, 0.29) is 17.9 Å². The molecule has 1 saturated heterocycles. The summed E-state index contributed by atoms with van der Waals surface area (Å²) in [5.41, 5.74) is 2.51. The van der Waals surface area contributed by atoms with Gasteiger partial charge in [0, 0.05) is 13.5 Å². The fraction of sp³-hybridized carbons (Fsp3) is 0.471. The number of rotatable bonds is 2. The Labute approximate surface area is 129 Å². The maximum Gasteiger partial charge on any atom is 0.230 e. The van der Waals surface area contributed by atoms with Gasteiger partial charge in [-0.25, -0.2) is 0 Å². The van der Waals surface area contributed by atoms with E-state index in [1.54, 1.807) is 6.92 Å². The number of likely N-dealkylation sites (tertiary alicyclic amines) is 1. The summed E-state index contributed by atoms with van der Waals surface area (Å²) in [4.78, 5) is 19.3. The molecule has 2 heterocycles. The van der Waals surface area contributed by atoms with Crippen molar-refractivity contribution in [3.8, 4) is 0 Å². The van der Waals surface area contributed by atoms with Gasteiger partial charge in [-0.2, -0.15) is 4.98 Å². The normalized spacial score (nSPS) is 23.8. The molecule has 1 amide bonds. The Morgan fingerprint density at radius 1 is 1.32 bits per heavy atom. The number of nitrogens with zero attached hydrogens (tertiary/aromatic N) is 3. The van der Waals surface area contributed by atoms with Gasteiger partial charge in [0.05, 0.1) is 12.0 Å². The topological polar surface area (TPSA) is 59.2 Å². The van der Waals surface area contributed by atoms with Crippen molar-refractivity contribution in [2.75, 3.05) is 6.54 Å². The average Bonchev–Trinajstić information content (AvgIpc) is 3.25. The van der Waals surface area contributed by atoms with Crippen LogP contribution in [0.5, 0.6) is 0 Å². The summed E-state index contributed by atoms with van der Waals surface area (Å²) in [5.74, 6) is 1.41. The summed E-state index contributed by atoms with van der Waals surface area (Å²) in [6, 6.07) is 8.26. The van der Waals surface area contributed by atoms with Gasteiger partial charge in [-0.1, -0.05) is 29.4 Å². The monoisotopic (exact) mass is 297 g/mol. The number of aryl methyl sites for hydroxylation is 2. The second kappa shape index (κ2) is 5.23. The summed E-state index contributed by atoms with van der Waals surface area (Å²) in [6.45, 7) is 2.57. The molecule has 0 radical (unpaired) electrons. The second-order valence-corrected chi connectivity index (χ2v) is 6.15. The molecule has 1 fully saturated rings. The Hall–Kier alpha value is -2.17. The van der Waals surface area contributed by atoms with Crippen LogP contribution in [0.3, 0.4) is 0 Å². The molecule has 5 nitrogen and oxygen atoms in total. The molecule has 2 unspecified atom stereocenters. The van der Waals surface area contributed by atoms with E-state index < -0.39 is 0 Å². The Kier molecular flexibility index (Phi) is 3.21. The van der Waals surface area contributed by atoms with Crippen LogP contribution >= 0.6 is 0 Å². The lowest BCUT2D eigenvalue weighted by atomic mass is 9.99. The first-order chi connectivity index (χ1) is 10.7. The minimum atomic E-state index is -0.0299. The number of hydrogen-bond acceptors (Lipinski definition) is 4. The lowest BCUT2D eigenvalue weighted by molar-refractivity contribution is -0.133. The van der Waals surface area contributed by atoms with Crippen molar-refractivity contribution in [3.05, 3.63) is 47.1 Å². The summed E-state index contributed by atoms with van der Waals surface area (Å²) < 4.78 is 5.09. The third-order valence-corrected chi connectivity index (χ3v) is 4.81. The van der Waals surface area contributed by atoms with Crippen LogP contribution in [-0.4, -0.2) is 27.5 Å². The Bertz CT molecular complexity index is 709. The van der Waals surface area contributed by atoms with E-state index in [1.165, 1.54) is 11.1 Å². The molecule has 2 atom stereocenters. The van der Waals surface area contributed by atoms with Crippen LogP contribution in [0.2, 0.25) is 0 Å². The van der Waals surface area contributed by atoms with Crippen molar-refractivity contribution >= 4 is 5.91 Å². The number of carbonyl (C=O) groups excluding carboxylic acids is 1. The van der Waals surface area contributed by atoms with Crippen LogP contribution in [0.15, 0.2) is 28.8 Å². The molecule has 22 heavy (non-hydrogen) atoms. The summed E-state index contributed by atoms with van der Waals surface area (Å²) >= 11 is 0. The van der Waals surface area contributed by atoms with Gasteiger partial charge in [-0.05, 0) is 36.8 Å². The first kappa shape index (κ1) is 13.5. The predicted octanol–water partition coefficient (Wildman–Crippen LogP) is 2.77. The summed E-state index contributed by atoms with van der Waals surface area (Å²) in [5, 5.41) is 4.02. The zero-order valence-electron chi connectivity index (χ0n) is 12.7. The predicted molar refractivity (Wildman–Crippen MR) is 80.2 cm³/mol. The highest BCUT2D eigenvalue weighted by molar-refractivity contribution is 5.85.